The molecule has 1 fully saturated rings. The molecule has 1 aromatic heterocycles. The second-order valence-corrected chi connectivity index (χ2v) is 8.04. The Morgan fingerprint density at radius 1 is 0.935 bits per heavy atom. The van der Waals surface area contributed by atoms with Gasteiger partial charge in [0.1, 0.15) is 5.82 Å². The maximum atomic E-state index is 13.4. The van der Waals surface area contributed by atoms with Crippen LogP contribution in [-0.2, 0) is 11.2 Å². The van der Waals surface area contributed by atoms with E-state index in [1.54, 1.807) is 0 Å². The number of aromatic nitrogens is 2. The zero-order valence-electron chi connectivity index (χ0n) is 17.4. The normalized spacial score (nSPS) is 16.9. The molecule has 0 N–H and O–H groups in total. The smallest absolute Gasteiger partial charge is 0.150 e. The van der Waals surface area contributed by atoms with E-state index in [0.29, 0.717) is 6.42 Å². The molecule has 0 spiro atoms. The maximum absolute atomic E-state index is 13.4. The maximum Gasteiger partial charge on any atom is 0.150 e. The van der Waals surface area contributed by atoms with Crippen molar-refractivity contribution in [1.29, 1.82) is 0 Å². The number of ether oxygens (including phenoxy) is 1. The summed E-state index contributed by atoms with van der Waals surface area (Å²) in [4.78, 5) is 0. The second-order valence-electron chi connectivity index (χ2n) is 8.04. The zero-order chi connectivity index (χ0) is 21.0. The number of fused-ring (bicyclic) bond motifs is 1. The van der Waals surface area contributed by atoms with Crippen LogP contribution in [-0.4, -0.2) is 16.4 Å². The van der Waals surface area contributed by atoms with Crippen LogP contribution in [0.4, 0.5) is 4.39 Å². The van der Waals surface area contributed by atoms with Crippen LogP contribution >= 0.6 is 0 Å². The standard InChI is InChI=1S/C27H25FN2O/c28-23-14-11-22(12-15-23)19-25-24-18-21(10-9-20-6-2-1-3-7-20)13-16-26(24)30(29-25)27-8-4-5-17-31-27/h1-3,6-7,9-16,18,27H,4-5,8,17,19H2/b10-9+. The first-order valence-corrected chi connectivity index (χ1v) is 10.9. The molecule has 1 unspecified atom stereocenters. The van der Waals surface area contributed by atoms with Gasteiger partial charge in [-0.05, 0) is 60.2 Å². The first kappa shape index (κ1) is 19.7. The monoisotopic (exact) mass is 412 g/mol. The number of hydrogen-bond donors (Lipinski definition) is 0. The van der Waals surface area contributed by atoms with Crippen LogP contribution in [0.1, 0.15) is 47.9 Å². The van der Waals surface area contributed by atoms with E-state index >= 15 is 0 Å². The van der Waals surface area contributed by atoms with E-state index in [0.717, 1.165) is 53.6 Å². The third-order valence-corrected chi connectivity index (χ3v) is 5.79. The molecule has 0 aliphatic carbocycles. The molecule has 3 aromatic carbocycles. The van der Waals surface area contributed by atoms with Gasteiger partial charge in [-0.3, -0.25) is 0 Å². The molecule has 156 valence electrons. The molecule has 3 nitrogen and oxygen atoms in total. The molecule has 4 heteroatoms. The molecule has 1 atom stereocenters. The molecule has 0 saturated carbocycles. The SMILES string of the molecule is Fc1ccc(Cc2nn(C3CCCCO3)c3ccc(/C=C/c4ccccc4)cc23)cc1. The van der Waals surface area contributed by atoms with Gasteiger partial charge in [0, 0.05) is 18.4 Å². The van der Waals surface area contributed by atoms with Crippen molar-refractivity contribution in [3.63, 3.8) is 0 Å². The Bertz CT molecular complexity index is 1190. The second kappa shape index (κ2) is 8.86. The summed E-state index contributed by atoms with van der Waals surface area (Å²) in [7, 11) is 0. The minimum absolute atomic E-state index is 0.0241. The molecule has 1 saturated heterocycles. The van der Waals surface area contributed by atoms with E-state index in [1.807, 2.05) is 35.0 Å². The zero-order valence-corrected chi connectivity index (χ0v) is 17.4. The van der Waals surface area contributed by atoms with Gasteiger partial charge >= 0.3 is 0 Å². The van der Waals surface area contributed by atoms with E-state index in [-0.39, 0.29) is 12.0 Å². The molecule has 1 aliphatic rings. The van der Waals surface area contributed by atoms with Crippen molar-refractivity contribution >= 4 is 23.1 Å². The Kier molecular flexibility index (Phi) is 5.63. The summed E-state index contributed by atoms with van der Waals surface area (Å²) < 4.78 is 21.4. The van der Waals surface area contributed by atoms with E-state index in [4.69, 9.17) is 9.84 Å². The molecule has 0 radical (unpaired) electrons. The van der Waals surface area contributed by atoms with Gasteiger partial charge in [0.05, 0.1) is 11.2 Å². The average Bonchev–Trinajstić information content (AvgIpc) is 3.18. The Balaban J connectivity index is 1.53. The van der Waals surface area contributed by atoms with E-state index < -0.39 is 0 Å². The van der Waals surface area contributed by atoms with Crippen molar-refractivity contribution in [2.45, 2.75) is 31.9 Å². The van der Waals surface area contributed by atoms with Crippen LogP contribution < -0.4 is 0 Å². The molecular formula is C27H25FN2O. The van der Waals surface area contributed by atoms with E-state index in [9.17, 15) is 4.39 Å². The largest absolute Gasteiger partial charge is 0.356 e. The Morgan fingerprint density at radius 3 is 2.52 bits per heavy atom. The summed E-state index contributed by atoms with van der Waals surface area (Å²) in [5, 5.41) is 6.08. The highest BCUT2D eigenvalue weighted by molar-refractivity contribution is 5.86. The predicted molar refractivity (Wildman–Crippen MR) is 123 cm³/mol. The van der Waals surface area contributed by atoms with Crippen molar-refractivity contribution < 1.29 is 9.13 Å². The van der Waals surface area contributed by atoms with Crippen molar-refractivity contribution in [1.82, 2.24) is 9.78 Å². The van der Waals surface area contributed by atoms with Gasteiger partial charge in [-0.25, -0.2) is 9.07 Å². The van der Waals surface area contributed by atoms with Gasteiger partial charge < -0.3 is 4.74 Å². The van der Waals surface area contributed by atoms with Crippen LogP contribution in [0.25, 0.3) is 23.1 Å². The first-order chi connectivity index (χ1) is 15.3. The lowest BCUT2D eigenvalue weighted by Crippen LogP contribution is -2.19. The highest BCUT2D eigenvalue weighted by Gasteiger charge is 2.21. The molecule has 1 aliphatic heterocycles. The van der Waals surface area contributed by atoms with E-state index in [1.165, 1.54) is 17.7 Å². The minimum Gasteiger partial charge on any atom is -0.356 e. The Morgan fingerprint density at radius 2 is 1.74 bits per heavy atom. The molecule has 0 amide bonds. The van der Waals surface area contributed by atoms with Gasteiger partial charge in [0.25, 0.3) is 0 Å². The lowest BCUT2D eigenvalue weighted by molar-refractivity contribution is -0.0368. The molecule has 5 rings (SSSR count). The molecule has 0 bridgehead atoms. The molecule has 31 heavy (non-hydrogen) atoms. The van der Waals surface area contributed by atoms with Gasteiger partial charge in [0.2, 0.25) is 0 Å². The first-order valence-electron chi connectivity index (χ1n) is 10.9. The van der Waals surface area contributed by atoms with Crippen LogP contribution in [0.5, 0.6) is 0 Å². The number of hydrogen-bond acceptors (Lipinski definition) is 2. The van der Waals surface area contributed by atoms with Gasteiger partial charge in [-0.15, -0.1) is 0 Å². The van der Waals surface area contributed by atoms with Gasteiger partial charge in [0.15, 0.2) is 6.23 Å². The highest BCUT2D eigenvalue weighted by atomic mass is 19.1. The van der Waals surface area contributed by atoms with E-state index in [2.05, 4.69) is 42.5 Å². The number of halogens is 1. The number of rotatable bonds is 5. The molecule has 2 heterocycles. The Labute approximate surface area is 181 Å². The number of nitrogens with zero attached hydrogens (tertiary/aromatic N) is 2. The van der Waals surface area contributed by atoms with Crippen molar-refractivity contribution in [2.75, 3.05) is 6.61 Å². The summed E-state index contributed by atoms with van der Waals surface area (Å²) in [6.07, 6.45) is 8.11. The molecule has 4 aromatic rings. The van der Waals surface area contributed by atoms with Crippen molar-refractivity contribution in [3.05, 3.63) is 101 Å². The van der Waals surface area contributed by atoms with Gasteiger partial charge in [-0.1, -0.05) is 60.7 Å². The minimum atomic E-state index is -0.219. The average molecular weight is 413 g/mol. The topological polar surface area (TPSA) is 27.1 Å². The number of benzene rings is 3. The third-order valence-electron chi connectivity index (χ3n) is 5.79. The summed E-state index contributed by atoms with van der Waals surface area (Å²) in [6, 6.07) is 23.4. The Hall–Kier alpha value is -3.24. The van der Waals surface area contributed by atoms with Crippen molar-refractivity contribution in [2.24, 2.45) is 0 Å². The summed E-state index contributed by atoms with van der Waals surface area (Å²) >= 11 is 0. The third kappa shape index (κ3) is 4.44. The van der Waals surface area contributed by atoms with Crippen LogP contribution in [0.15, 0.2) is 72.8 Å². The molecular weight excluding hydrogens is 387 g/mol. The fourth-order valence-electron chi connectivity index (χ4n) is 4.14. The van der Waals surface area contributed by atoms with Crippen LogP contribution in [0.3, 0.4) is 0 Å². The summed E-state index contributed by atoms with van der Waals surface area (Å²) in [5.74, 6) is -0.219. The van der Waals surface area contributed by atoms with Crippen LogP contribution in [0, 0.1) is 5.82 Å². The summed E-state index contributed by atoms with van der Waals surface area (Å²) in [6.45, 7) is 0.775. The lowest BCUT2D eigenvalue weighted by Gasteiger charge is -2.23. The summed E-state index contributed by atoms with van der Waals surface area (Å²) in [5.41, 5.74) is 5.41. The lowest BCUT2D eigenvalue weighted by atomic mass is 10.0. The van der Waals surface area contributed by atoms with Crippen LogP contribution in [0.2, 0.25) is 0 Å². The quantitative estimate of drug-likeness (QED) is 0.344. The predicted octanol–water partition coefficient (Wildman–Crippen LogP) is 6.64. The van der Waals surface area contributed by atoms with Crippen molar-refractivity contribution in [3.8, 4) is 0 Å². The fourth-order valence-corrected chi connectivity index (χ4v) is 4.14. The van der Waals surface area contributed by atoms with Gasteiger partial charge in [-0.2, -0.15) is 5.10 Å². The fraction of sp³-hybridized carbons (Fsp3) is 0.222. The highest BCUT2D eigenvalue weighted by Crippen LogP contribution is 2.30.